The Labute approximate surface area is 143 Å². The summed E-state index contributed by atoms with van der Waals surface area (Å²) in [5.41, 5.74) is 4.06. The Hall–Kier alpha value is -2.34. The number of carbonyl (C=O) groups is 1. The number of hydrogen-bond acceptors (Lipinski definition) is 3. The normalized spacial score (nSPS) is 11.2. The van der Waals surface area contributed by atoms with Crippen LogP contribution in [-0.2, 0) is 14.8 Å². The number of benzene rings is 2. The lowest BCUT2D eigenvalue weighted by Gasteiger charge is -2.24. The molecular weight excluding hydrogens is 324 g/mol. The van der Waals surface area contributed by atoms with Crippen LogP contribution in [0.25, 0.3) is 0 Å². The summed E-state index contributed by atoms with van der Waals surface area (Å²) in [5, 5.41) is 2.73. The van der Waals surface area contributed by atoms with Gasteiger partial charge in [-0.15, -0.1) is 0 Å². The van der Waals surface area contributed by atoms with Gasteiger partial charge in [-0.1, -0.05) is 29.8 Å². The molecule has 0 heterocycles. The van der Waals surface area contributed by atoms with Gasteiger partial charge in [0.05, 0.1) is 11.9 Å². The molecule has 2 aromatic carbocycles. The maximum Gasteiger partial charge on any atom is 0.245 e. The van der Waals surface area contributed by atoms with Crippen molar-refractivity contribution in [3.8, 4) is 0 Å². The molecular formula is C18H22N2O3S. The van der Waals surface area contributed by atoms with Crippen molar-refractivity contribution in [2.45, 2.75) is 20.8 Å². The Kier molecular flexibility index (Phi) is 5.29. The minimum absolute atomic E-state index is 0.267. The molecule has 24 heavy (non-hydrogen) atoms. The maximum absolute atomic E-state index is 12.3. The first-order chi connectivity index (χ1) is 11.2. The maximum atomic E-state index is 12.3. The van der Waals surface area contributed by atoms with Crippen molar-refractivity contribution in [3.05, 3.63) is 59.2 Å². The fraction of sp³-hybridized carbons (Fsp3) is 0.278. The van der Waals surface area contributed by atoms with E-state index < -0.39 is 10.0 Å². The summed E-state index contributed by atoms with van der Waals surface area (Å²) in [6, 6.07) is 12.7. The quantitative estimate of drug-likeness (QED) is 0.905. The Bertz CT molecular complexity index is 843. The fourth-order valence-electron chi connectivity index (χ4n) is 2.35. The predicted octanol–water partition coefficient (Wildman–Crippen LogP) is 3.02. The second kappa shape index (κ2) is 7.05. The largest absolute Gasteiger partial charge is 0.325 e. The van der Waals surface area contributed by atoms with Crippen molar-refractivity contribution >= 4 is 27.3 Å². The molecule has 0 fully saturated rings. The molecule has 0 aliphatic rings. The van der Waals surface area contributed by atoms with E-state index in [4.69, 9.17) is 0 Å². The molecule has 0 aliphatic carbocycles. The van der Waals surface area contributed by atoms with E-state index in [-0.39, 0.29) is 12.5 Å². The predicted molar refractivity (Wildman–Crippen MR) is 97.9 cm³/mol. The minimum Gasteiger partial charge on any atom is -0.325 e. The van der Waals surface area contributed by atoms with Crippen LogP contribution in [-0.4, -0.2) is 27.1 Å². The Morgan fingerprint density at radius 1 is 1.04 bits per heavy atom. The molecule has 0 atom stereocenters. The third-order valence-corrected chi connectivity index (χ3v) is 4.99. The van der Waals surface area contributed by atoms with Crippen molar-refractivity contribution in [2.24, 2.45) is 0 Å². The van der Waals surface area contributed by atoms with Gasteiger partial charge in [0.2, 0.25) is 15.9 Å². The zero-order chi connectivity index (χ0) is 17.9. The number of sulfonamides is 1. The monoisotopic (exact) mass is 346 g/mol. The van der Waals surface area contributed by atoms with Crippen molar-refractivity contribution in [3.63, 3.8) is 0 Å². The van der Waals surface area contributed by atoms with Crippen molar-refractivity contribution < 1.29 is 13.2 Å². The first kappa shape index (κ1) is 18.0. The number of aryl methyl sites for hydroxylation is 2. The van der Waals surface area contributed by atoms with E-state index in [1.807, 2.05) is 39.0 Å². The third kappa shape index (κ3) is 4.35. The van der Waals surface area contributed by atoms with Crippen molar-refractivity contribution in [2.75, 3.05) is 22.4 Å². The van der Waals surface area contributed by atoms with Crippen molar-refractivity contribution in [1.29, 1.82) is 0 Å². The second-order valence-electron chi connectivity index (χ2n) is 5.90. The summed E-state index contributed by atoms with van der Waals surface area (Å²) in [4.78, 5) is 12.3. The molecule has 1 N–H and O–H groups in total. The number of nitrogens with one attached hydrogen (secondary N) is 1. The van der Waals surface area contributed by atoms with E-state index in [1.165, 1.54) is 0 Å². The molecule has 0 radical (unpaired) electrons. The highest BCUT2D eigenvalue weighted by atomic mass is 32.2. The van der Waals surface area contributed by atoms with Crippen molar-refractivity contribution in [1.82, 2.24) is 0 Å². The Balaban J connectivity index is 2.25. The molecule has 128 valence electrons. The van der Waals surface area contributed by atoms with Crippen LogP contribution >= 0.6 is 0 Å². The zero-order valence-electron chi connectivity index (χ0n) is 14.3. The van der Waals surface area contributed by atoms with Gasteiger partial charge in [-0.3, -0.25) is 9.10 Å². The zero-order valence-corrected chi connectivity index (χ0v) is 15.1. The number of carbonyl (C=O) groups excluding carboxylic acids is 1. The lowest BCUT2D eigenvalue weighted by atomic mass is 10.1. The molecule has 0 saturated carbocycles. The Morgan fingerprint density at radius 2 is 1.67 bits per heavy atom. The molecule has 1 amide bonds. The van der Waals surface area contributed by atoms with Gasteiger partial charge in [0.1, 0.15) is 6.54 Å². The van der Waals surface area contributed by atoms with Gasteiger partial charge >= 0.3 is 0 Å². The van der Waals surface area contributed by atoms with Crippen LogP contribution in [0, 0.1) is 20.8 Å². The first-order valence-corrected chi connectivity index (χ1v) is 9.44. The van der Waals surface area contributed by atoms with Crippen LogP contribution in [0.2, 0.25) is 0 Å². The van der Waals surface area contributed by atoms with Gasteiger partial charge in [0, 0.05) is 5.69 Å². The van der Waals surface area contributed by atoms with E-state index in [0.717, 1.165) is 27.3 Å². The molecule has 0 bridgehead atoms. The highest BCUT2D eigenvalue weighted by Gasteiger charge is 2.22. The number of nitrogens with zero attached hydrogens (tertiary/aromatic N) is 1. The first-order valence-electron chi connectivity index (χ1n) is 7.59. The highest BCUT2D eigenvalue weighted by Crippen LogP contribution is 2.24. The molecule has 0 saturated heterocycles. The van der Waals surface area contributed by atoms with Crippen LogP contribution in [0.3, 0.4) is 0 Å². The van der Waals surface area contributed by atoms with E-state index in [1.54, 1.807) is 24.3 Å². The lowest BCUT2D eigenvalue weighted by molar-refractivity contribution is -0.114. The van der Waals surface area contributed by atoms with Crippen LogP contribution in [0.15, 0.2) is 42.5 Å². The summed E-state index contributed by atoms with van der Waals surface area (Å²) in [7, 11) is -3.58. The average molecular weight is 346 g/mol. The van der Waals surface area contributed by atoms with Crippen LogP contribution in [0.4, 0.5) is 11.4 Å². The van der Waals surface area contributed by atoms with Gasteiger partial charge in [-0.05, 0) is 50.1 Å². The number of anilines is 2. The van der Waals surface area contributed by atoms with Crippen LogP contribution in [0.5, 0.6) is 0 Å². The molecule has 6 heteroatoms. The second-order valence-corrected chi connectivity index (χ2v) is 7.81. The molecule has 0 unspecified atom stereocenters. The number of amides is 1. The van der Waals surface area contributed by atoms with Gasteiger partial charge in [-0.25, -0.2) is 8.42 Å². The summed E-state index contributed by atoms with van der Waals surface area (Å²) in [5.74, 6) is -0.384. The summed E-state index contributed by atoms with van der Waals surface area (Å²) >= 11 is 0. The van der Waals surface area contributed by atoms with Crippen LogP contribution < -0.4 is 9.62 Å². The third-order valence-electron chi connectivity index (χ3n) is 3.87. The van der Waals surface area contributed by atoms with Gasteiger partial charge < -0.3 is 5.32 Å². The van der Waals surface area contributed by atoms with E-state index in [2.05, 4.69) is 5.32 Å². The average Bonchev–Trinajstić information content (AvgIpc) is 2.49. The molecule has 0 aliphatic heterocycles. The summed E-state index contributed by atoms with van der Waals surface area (Å²) in [6.07, 6.45) is 1.11. The molecule has 0 aromatic heterocycles. The fourth-order valence-corrected chi connectivity index (χ4v) is 3.26. The molecule has 5 nitrogen and oxygen atoms in total. The Morgan fingerprint density at radius 3 is 2.25 bits per heavy atom. The van der Waals surface area contributed by atoms with Crippen LogP contribution in [0.1, 0.15) is 16.7 Å². The standard InChI is InChI=1S/C18H22N2O3S/c1-13-8-10-16(11-9-13)19-18(21)12-20(24(4,22)23)17-7-5-6-14(2)15(17)3/h5-11H,12H2,1-4H3,(H,19,21). The molecule has 2 rings (SSSR count). The number of rotatable bonds is 5. The SMILES string of the molecule is Cc1ccc(NC(=O)CN(c2cccc(C)c2C)S(C)(=O)=O)cc1. The topological polar surface area (TPSA) is 66.5 Å². The van der Waals surface area contributed by atoms with Gasteiger partial charge in [0.25, 0.3) is 0 Å². The number of hydrogen-bond donors (Lipinski definition) is 1. The smallest absolute Gasteiger partial charge is 0.245 e. The highest BCUT2D eigenvalue weighted by molar-refractivity contribution is 7.92. The van der Waals surface area contributed by atoms with Gasteiger partial charge in [-0.2, -0.15) is 0 Å². The lowest BCUT2D eigenvalue weighted by Crippen LogP contribution is -2.38. The summed E-state index contributed by atoms with van der Waals surface area (Å²) in [6.45, 7) is 5.45. The molecule has 0 spiro atoms. The molecule has 2 aromatic rings. The van der Waals surface area contributed by atoms with E-state index in [9.17, 15) is 13.2 Å². The van der Waals surface area contributed by atoms with Gasteiger partial charge in [0.15, 0.2) is 0 Å². The summed E-state index contributed by atoms with van der Waals surface area (Å²) < 4.78 is 25.5. The minimum atomic E-state index is -3.58. The van der Waals surface area contributed by atoms with E-state index in [0.29, 0.717) is 11.4 Å². The van der Waals surface area contributed by atoms with E-state index >= 15 is 0 Å².